The number of ether oxygens (including phenoxy) is 2. The molecule has 0 N–H and O–H groups in total. The van der Waals surface area contributed by atoms with E-state index < -0.39 is 8.32 Å². The molecule has 0 aromatic heterocycles. The van der Waals surface area contributed by atoms with Crippen molar-refractivity contribution in [3.8, 4) is 5.75 Å². The molecule has 4 nitrogen and oxygen atoms in total. The first-order valence-electron chi connectivity index (χ1n) is 10.9. The molecule has 1 aromatic rings. The van der Waals surface area contributed by atoms with E-state index in [-0.39, 0.29) is 29.1 Å². The molecule has 1 aromatic carbocycles. The van der Waals surface area contributed by atoms with Gasteiger partial charge in [0.2, 0.25) is 0 Å². The first-order chi connectivity index (χ1) is 13.8. The summed E-state index contributed by atoms with van der Waals surface area (Å²) >= 11 is 0. The molecule has 0 aliphatic heterocycles. The van der Waals surface area contributed by atoms with Gasteiger partial charge in [0.05, 0.1) is 25.9 Å². The van der Waals surface area contributed by atoms with Crippen LogP contribution in [-0.2, 0) is 20.6 Å². The van der Waals surface area contributed by atoms with E-state index in [1.807, 2.05) is 31.2 Å². The highest BCUT2D eigenvalue weighted by molar-refractivity contribution is 6.74. The molecule has 5 heteroatoms. The highest BCUT2D eigenvalue weighted by Gasteiger charge is 2.40. The van der Waals surface area contributed by atoms with Crippen LogP contribution in [0.4, 0.5) is 0 Å². The Morgan fingerprint density at radius 2 is 1.63 bits per heavy atom. The van der Waals surface area contributed by atoms with E-state index in [2.05, 4.69) is 60.7 Å². The van der Waals surface area contributed by atoms with Gasteiger partial charge in [0.15, 0.2) is 8.32 Å². The van der Waals surface area contributed by atoms with Gasteiger partial charge in [-0.25, -0.2) is 0 Å². The Morgan fingerprint density at radius 1 is 1.07 bits per heavy atom. The zero-order valence-corrected chi connectivity index (χ0v) is 21.6. The minimum atomic E-state index is -2.00. The molecule has 0 fully saturated rings. The van der Waals surface area contributed by atoms with Gasteiger partial charge in [0.1, 0.15) is 12.0 Å². The second kappa shape index (κ2) is 11.3. The predicted octanol–water partition coefficient (Wildman–Crippen LogP) is 6.41. The Labute approximate surface area is 185 Å². The molecule has 0 unspecified atom stereocenters. The van der Waals surface area contributed by atoms with Crippen molar-refractivity contribution in [1.29, 1.82) is 0 Å². The summed E-state index contributed by atoms with van der Waals surface area (Å²) in [6.45, 7) is 19.9. The topological polar surface area (TPSA) is 44.8 Å². The fraction of sp³-hybridized carbons (Fsp3) is 0.640. The minimum Gasteiger partial charge on any atom is -0.497 e. The summed E-state index contributed by atoms with van der Waals surface area (Å²) in [5.41, 5.74) is 2.22. The van der Waals surface area contributed by atoms with Gasteiger partial charge in [-0.15, -0.1) is 0 Å². The first kappa shape index (κ1) is 26.6. The minimum absolute atomic E-state index is 0.0436. The molecular weight excluding hydrogens is 392 g/mol. The zero-order valence-electron chi connectivity index (χ0n) is 20.6. The SMILES string of the molecule is COc1ccc(CO[C@@H](C)[C@@H](C)/C=C(\C)[C@H](O[Si](C)(C)C(C)(C)C)[C@@H](C)C=O)cc1. The molecule has 0 saturated heterocycles. The second-order valence-electron chi connectivity index (χ2n) is 9.93. The average molecular weight is 435 g/mol. The van der Waals surface area contributed by atoms with Crippen LogP contribution in [0.5, 0.6) is 5.75 Å². The molecule has 0 aliphatic rings. The standard InChI is InChI=1S/C25H42O4Si/c1-18(21(4)28-17-22-11-13-23(27-8)14-12-22)15-19(2)24(20(3)16-26)29-30(9,10)25(5,6)7/h11-16,18,20-21,24H,17H2,1-10H3/b19-15+/t18-,20-,21-,24-/m0/s1. The lowest BCUT2D eigenvalue weighted by atomic mass is 9.95. The van der Waals surface area contributed by atoms with Crippen molar-refractivity contribution in [2.75, 3.05) is 7.11 Å². The lowest BCUT2D eigenvalue weighted by Crippen LogP contribution is -2.46. The number of methoxy groups -OCH3 is 1. The Hall–Kier alpha value is -1.43. The predicted molar refractivity (Wildman–Crippen MR) is 127 cm³/mol. The van der Waals surface area contributed by atoms with Crippen LogP contribution in [-0.4, -0.2) is 33.9 Å². The van der Waals surface area contributed by atoms with E-state index in [4.69, 9.17) is 13.9 Å². The molecule has 4 atom stereocenters. The molecule has 30 heavy (non-hydrogen) atoms. The van der Waals surface area contributed by atoms with Gasteiger partial charge in [0.25, 0.3) is 0 Å². The summed E-state index contributed by atoms with van der Waals surface area (Å²) < 4.78 is 17.9. The normalized spacial score (nSPS) is 17.2. The smallest absolute Gasteiger partial charge is 0.192 e. The largest absolute Gasteiger partial charge is 0.497 e. The van der Waals surface area contributed by atoms with Crippen LogP contribution in [0.3, 0.4) is 0 Å². The number of hydrogen-bond donors (Lipinski definition) is 0. The van der Waals surface area contributed by atoms with Crippen LogP contribution in [0.2, 0.25) is 18.1 Å². The molecule has 0 bridgehead atoms. The lowest BCUT2D eigenvalue weighted by molar-refractivity contribution is -0.112. The number of rotatable bonds is 11. The molecule has 0 radical (unpaired) electrons. The van der Waals surface area contributed by atoms with E-state index in [9.17, 15) is 4.79 Å². The van der Waals surface area contributed by atoms with Gasteiger partial charge in [0, 0.05) is 11.8 Å². The van der Waals surface area contributed by atoms with E-state index in [0.717, 1.165) is 23.2 Å². The van der Waals surface area contributed by atoms with Crippen LogP contribution in [0.1, 0.15) is 54.0 Å². The van der Waals surface area contributed by atoms with E-state index in [1.165, 1.54) is 0 Å². The third-order valence-corrected chi connectivity index (χ3v) is 10.8. The van der Waals surface area contributed by atoms with Crippen molar-refractivity contribution in [1.82, 2.24) is 0 Å². The van der Waals surface area contributed by atoms with Crippen molar-refractivity contribution in [2.24, 2.45) is 11.8 Å². The van der Waals surface area contributed by atoms with Crippen molar-refractivity contribution in [3.63, 3.8) is 0 Å². The number of benzene rings is 1. The summed E-state index contributed by atoms with van der Waals surface area (Å²) in [5.74, 6) is 0.863. The molecule has 1 rings (SSSR count). The number of hydrogen-bond acceptors (Lipinski definition) is 4. The maximum atomic E-state index is 11.6. The second-order valence-corrected chi connectivity index (χ2v) is 14.7. The van der Waals surface area contributed by atoms with Crippen LogP contribution in [0, 0.1) is 11.8 Å². The number of carbonyl (C=O) groups is 1. The molecule has 0 heterocycles. The van der Waals surface area contributed by atoms with E-state index in [1.54, 1.807) is 7.11 Å². The lowest BCUT2D eigenvalue weighted by Gasteiger charge is -2.40. The Kier molecular flexibility index (Phi) is 9.99. The third-order valence-electron chi connectivity index (χ3n) is 6.31. The Balaban J connectivity index is 2.85. The molecular formula is C25H42O4Si. The van der Waals surface area contributed by atoms with Crippen molar-refractivity contribution in [2.45, 2.75) is 85.4 Å². The molecule has 0 saturated carbocycles. The van der Waals surface area contributed by atoms with Gasteiger partial charge in [-0.3, -0.25) is 0 Å². The summed E-state index contributed by atoms with van der Waals surface area (Å²) in [7, 11) is -0.332. The van der Waals surface area contributed by atoms with Gasteiger partial charge in [-0.2, -0.15) is 0 Å². The van der Waals surface area contributed by atoms with E-state index >= 15 is 0 Å². The van der Waals surface area contributed by atoms with Crippen molar-refractivity contribution < 1.29 is 18.7 Å². The summed E-state index contributed by atoms with van der Waals surface area (Å²) in [4.78, 5) is 11.6. The molecule has 0 spiro atoms. The first-order valence-corrected chi connectivity index (χ1v) is 13.8. The summed E-state index contributed by atoms with van der Waals surface area (Å²) in [6, 6.07) is 7.93. The highest BCUT2D eigenvalue weighted by Crippen LogP contribution is 2.39. The molecule has 0 amide bonds. The summed E-state index contributed by atoms with van der Waals surface area (Å²) in [6.07, 6.45) is 3.06. The van der Waals surface area contributed by atoms with Crippen LogP contribution >= 0.6 is 0 Å². The number of aldehydes is 1. The monoisotopic (exact) mass is 434 g/mol. The quantitative estimate of drug-likeness (QED) is 0.229. The van der Waals surface area contributed by atoms with Gasteiger partial charge < -0.3 is 18.7 Å². The molecule has 0 aliphatic carbocycles. The van der Waals surface area contributed by atoms with Gasteiger partial charge >= 0.3 is 0 Å². The number of carbonyl (C=O) groups excluding carboxylic acids is 1. The highest BCUT2D eigenvalue weighted by atomic mass is 28.4. The van der Waals surface area contributed by atoms with Crippen LogP contribution in [0.25, 0.3) is 0 Å². The van der Waals surface area contributed by atoms with Crippen LogP contribution in [0.15, 0.2) is 35.9 Å². The van der Waals surface area contributed by atoms with E-state index in [0.29, 0.717) is 6.61 Å². The van der Waals surface area contributed by atoms with Gasteiger partial charge in [-0.05, 0) is 55.2 Å². The third kappa shape index (κ3) is 7.68. The maximum absolute atomic E-state index is 11.6. The zero-order chi connectivity index (χ0) is 23.1. The summed E-state index contributed by atoms with van der Waals surface area (Å²) in [5, 5.41) is 0.0918. The maximum Gasteiger partial charge on any atom is 0.192 e. The fourth-order valence-electron chi connectivity index (χ4n) is 2.93. The Bertz CT molecular complexity index is 688. The average Bonchev–Trinajstić information content (AvgIpc) is 2.68. The van der Waals surface area contributed by atoms with Crippen molar-refractivity contribution in [3.05, 3.63) is 41.5 Å². The van der Waals surface area contributed by atoms with Crippen molar-refractivity contribution >= 4 is 14.6 Å². The fourth-order valence-corrected chi connectivity index (χ4v) is 4.32. The molecule has 170 valence electrons. The van der Waals surface area contributed by atoms with Gasteiger partial charge in [-0.1, -0.05) is 52.8 Å². The van der Waals surface area contributed by atoms with Crippen LogP contribution < -0.4 is 4.74 Å². The Morgan fingerprint density at radius 3 is 2.10 bits per heavy atom.